The molecule has 0 aliphatic rings. The van der Waals surface area contributed by atoms with Crippen molar-refractivity contribution < 1.29 is 4.92 Å². The Labute approximate surface area is 124 Å². The van der Waals surface area contributed by atoms with Crippen LogP contribution in [0, 0.1) is 17.0 Å². The molecule has 0 aliphatic heterocycles. The maximum atomic E-state index is 11.3. The fourth-order valence-corrected chi connectivity index (χ4v) is 2.39. The van der Waals surface area contributed by atoms with Gasteiger partial charge in [-0.1, -0.05) is 12.1 Å². The molecular weight excluding hydrogens is 292 g/mol. The number of rotatable bonds is 2. The quantitative estimate of drug-likeness (QED) is 0.410. The van der Waals surface area contributed by atoms with E-state index in [1.54, 1.807) is 30.5 Å². The third kappa shape index (κ3) is 2.41. The molecule has 0 spiro atoms. The highest BCUT2D eigenvalue weighted by atomic mass is 35.5. The van der Waals surface area contributed by atoms with Gasteiger partial charge < -0.3 is 0 Å². The Bertz CT molecular complexity index is 867. The smallest absolute Gasteiger partial charge is 0.258 e. The highest BCUT2D eigenvalue weighted by Gasteiger charge is 2.23. The molecule has 3 aromatic rings. The summed E-state index contributed by atoms with van der Waals surface area (Å²) in [6.07, 6.45) is 1.69. The predicted octanol–water partition coefficient (Wildman–Crippen LogP) is 3.56. The summed E-state index contributed by atoms with van der Waals surface area (Å²) in [5.74, 6) is 0. The average molecular weight is 301 g/mol. The van der Waals surface area contributed by atoms with Gasteiger partial charge in [0.1, 0.15) is 5.69 Å². The Morgan fingerprint density at radius 1 is 1.24 bits per heavy atom. The average Bonchev–Trinajstić information content (AvgIpc) is 2.45. The van der Waals surface area contributed by atoms with Gasteiger partial charge in [-0.15, -0.1) is 0 Å². The molecule has 21 heavy (non-hydrogen) atoms. The Morgan fingerprint density at radius 2 is 2.05 bits per heavy atom. The van der Waals surface area contributed by atoms with E-state index in [0.717, 1.165) is 10.9 Å². The van der Waals surface area contributed by atoms with Crippen LogP contribution in [-0.4, -0.2) is 19.9 Å². The molecule has 0 saturated heterocycles. The van der Waals surface area contributed by atoms with Crippen molar-refractivity contribution in [2.24, 2.45) is 0 Å². The molecule has 0 bridgehead atoms. The van der Waals surface area contributed by atoms with Crippen molar-refractivity contribution >= 4 is 28.2 Å². The summed E-state index contributed by atoms with van der Waals surface area (Å²) >= 11 is 5.84. The van der Waals surface area contributed by atoms with Crippen molar-refractivity contribution in [2.75, 3.05) is 0 Å². The van der Waals surface area contributed by atoms with Gasteiger partial charge in [0.25, 0.3) is 0 Å². The zero-order valence-corrected chi connectivity index (χ0v) is 11.7. The van der Waals surface area contributed by atoms with E-state index in [1.165, 1.54) is 6.92 Å². The highest BCUT2D eigenvalue weighted by molar-refractivity contribution is 6.28. The summed E-state index contributed by atoms with van der Waals surface area (Å²) in [5.41, 5.74) is 1.72. The Balaban J connectivity index is 2.29. The molecule has 0 amide bonds. The Morgan fingerprint density at radius 3 is 2.81 bits per heavy atom. The minimum Gasteiger partial charge on any atom is -0.258 e. The van der Waals surface area contributed by atoms with Crippen molar-refractivity contribution in [3.63, 3.8) is 0 Å². The van der Waals surface area contributed by atoms with Gasteiger partial charge in [-0.3, -0.25) is 15.1 Å². The number of hydrogen-bond acceptors (Lipinski definition) is 5. The lowest BCUT2D eigenvalue weighted by molar-refractivity contribution is -0.385. The monoisotopic (exact) mass is 300 g/mol. The van der Waals surface area contributed by atoms with Crippen LogP contribution in [0.5, 0.6) is 0 Å². The molecule has 2 heterocycles. The second kappa shape index (κ2) is 5.06. The van der Waals surface area contributed by atoms with E-state index in [2.05, 4.69) is 15.0 Å². The first-order valence-electron chi connectivity index (χ1n) is 6.10. The summed E-state index contributed by atoms with van der Waals surface area (Å²) in [7, 11) is 0. The Kier molecular flexibility index (Phi) is 3.23. The first kappa shape index (κ1) is 13.4. The van der Waals surface area contributed by atoms with E-state index in [0.29, 0.717) is 5.56 Å². The van der Waals surface area contributed by atoms with Gasteiger partial charge in [0.05, 0.1) is 10.4 Å². The van der Waals surface area contributed by atoms with Crippen LogP contribution >= 0.6 is 11.6 Å². The van der Waals surface area contributed by atoms with E-state index in [4.69, 9.17) is 11.6 Å². The molecule has 7 heteroatoms. The summed E-state index contributed by atoms with van der Waals surface area (Å²) < 4.78 is 0. The zero-order chi connectivity index (χ0) is 15.0. The van der Waals surface area contributed by atoms with Gasteiger partial charge >= 0.3 is 5.69 Å². The number of aromatic nitrogens is 3. The van der Waals surface area contributed by atoms with E-state index in [1.807, 2.05) is 6.07 Å². The predicted molar refractivity (Wildman–Crippen MR) is 79.2 cm³/mol. The van der Waals surface area contributed by atoms with E-state index < -0.39 is 4.92 Å². The standard InChI is InChI=1S/C14H9ClN4O2/c1-8-13(19(20)21)12(18-14(15)17-8)10-4-5-11-9(7-10)3-2-6-16-11/h2-7H,1H3. The lowest BCUT2D eigenvalue weighted by Crippen LogP contribution is -2.01. The maximum Gasteiger partial charge on any atom is 0.316 e. The van der Waals surface area contributed by atoms with Crippen LogP contribution in [0.4, 0.5) is 5.69 Å². The number of nitro groups is 1. The number of hydrogen-bond donors (Lipinski definition) is 0. The lowest BCUT2D eigenvalue weighted by Gasteiger charge is -2.06. The fraction of sp³-hybridized carbons (Fsp3) is 0.0714. The molecule has 3 rings (SSSR count). The molecule has 0 N–H and O–H groups in total. The lowest BCUT2D eigenvalue weighted by atomic mass is 10.1. The van der Waals surface area contributed by atoms with Gasteiger partial charge in [-0.25, -0.2) is 9.97 Å². The van der Waals surface area contributed by atoms with E-state index >= 15 is 0 Å². The number of nitrogens with zero attached hydrogens (tertiary/aromatic N) is 4. The minimum absolute atomic E-state index is 0.0145. The summed E-state index contributed by atoms with van der Waals surface area (Å²) in [6.45, 7) is 1.54. The molecule has 0 radical (unpaired) electrons. The second-order valence-electron chi connectivity index (χ2n) is 4.44. The van der Waals surface area contributed by atoms with Gasteiger partial charge in [0.15, 0.2) is 5.69 Å². The van der Waals surface area contributed by atoms with E-state index in [9.17, 15) is 10.1 Å². The van der Waals surface area contributed by atoms with Gasteiger partial charge in [0, 0.05) is 17.1 Å². The van der Waals surface area contributed by atoms with Crippen LogP contribution in [0.25, 0.3) is 22.2 Å². The molecule has 0 saturated carbocycles. The van der Waals surface area contributed by atoms with Crippen molar-refractivity contribution in [3.8, 4) is 11.3 Å². The van der Waals surface area contributed by atoms with Crippen LogP contribution in [0.1, 0.15) is 5.69 Å². The van der Waals surface area contributed by atoms with Gasteiger partial charge in [-0.05, 0) is 36.7 Å². The van der Waals surface area contributed by atoms with Gasteiger partial charge in [-0.2, -0.15) is 0 Å². The third-order valence-electron chi connectivity index (χ3n) is 3.09. The molecule has 0 unspecified atom stereocenters. The highest BCUT2D eigenvalue weighted by Crippen LogP contribution is 2.32. The largest absolute Gasteiger partial charge is 0.316 e. The topological polar surface area (TPSA) is 81.8 Å². The molecule has 0 atom stereocenters. The van der Waals surface area contributed by atoms with Crippen LogP contribution in [0.3, 0.4) is 0 Å². The molecule has 0 aliphatic carbocycles. The van der Waals surface area contributed by atoms with Crippen molar-refractivity contribution in [2.45, 2.75) is 6.92 Å². The van der Waals surface area contributed by atoms with Crippen LogP contribution in [-0.2, 0) is 0 Å². The normalized spacial score (nSPS) is 10.8. The number of halogens is 1. The second-order valence-corrected chi connectivity index (χ2v) is 4.78. The summed E-state index contributed by atoms with van der Waals surface area (Å²) in [4.78, 5) is 22.9. The molecule has 104 valence electrons. The van der Waals surface area contributed by atoms with Crippen molar-refractivity contribution in [1.82, 2.24) is 15.0 Å². The van der Waals surface area contributed by atoms with Crippen molar-refractivity contribution in [1.29, 1.82) is 0 Å². The molecule has 1 aromatic carbocycles. The number of benzene rings is 1. The zero-order valence-electron chi connectivity index (χ0n) is 10.9. The van der Waals surface area contributed by atoms with E-state index in [-0.39, 0.29) is 22.4 Å². The fourth-order valence-electron chi connectivity index (χ4n) is 2.18. The van der Waals surface area contributed by atoms with Crippen LogP contribution < -0.4 is 0 Å². The SMILES string of the molecule is Cc1nc(Cl)nc(-c2ccc3ncccc3c2)c1[N+](=O)[O-]. The maximum absolute atomic E-state index is 11.3. The minimum atomic E-state index is -0.492. The summed E-state index contributed by atoms with van der Waals surface area (Å²) in [6, 6.07) is 9.01. The first-order valence-corrected chi connectivity index (χ1v) is 6.48. The number of pyridine rings is 1. The molecule has 0 fully saturated rings. The number of aryl methyl sites for hydroxylation is 1. The summed E-state index contributed by atoms with van der Waals surface area (Å²) in [5, 5.41) is 12.1. The third-order valence-corrected chi connectivity index (χ3v) is 3.26. The number of fused-ring (bicyclic) bond motifs is 1. The Hall–Kier alpha value is -2.60. The van der Waals surface area contributed by atoms with Crippen LogP contribution in [0.2, 0.25) is 5.28 Å². The van der Waals surface area contributed by atoms with Crippen LogP contribution in [0.15, 0.2) is 36.5 Å². The van der Waals surface area contributed by atoms with Gasteiger partial charge in [0.2, 0.25) is 5.28 Å². The molecule has 2 aromatic heterocycles. The molecule has 6 nitrogen and oxygen atoms in total. The first-order chi connectivity index (χ1) is 10.1. The van der Waals surface area contributed by atoms with Crippen molar-refractivity contribution in [3.05, 3.63) is 57.6 Å². The molecular formula is C14H9ClN4O2.